The first kappa shape index (κ1) is 16.5. The second-order valence-corrected chi connectivity index (χ2v) is 5.34. The summed E-state index contributed by atoms with van der Waals surface area (Å²) < 4.78 is 0. The molecule has 1 rings (SSSR count). The predicted molar refractivity (Wildman–Crippen MR) is 89.9 cm³/mol. The standard InChI is InChI=1S/C18H28N2/c1-5-11-18(19-20(3)4)17(6-2)15-10-14-16-12-8-7-9-13-16/h7-10,12-14,17H,5-6,11,15H2,1-4H3/b14-10+,19-18+. The fourth-order valence-corrected chi connectivity index (χ4v) is 2.32. The summed E-state index contributed by atoms with van der Waals surface area (Å²) in [6.45, 7) is 4.47. The first-order valence-electron chi connectivity index (χ1n) is 7.63. The van der Waals surface area contributed by atoms with E-state index in [0.717, 1.165) is 25.7 Å². The molecule has 1 atom stereocenters. The van der Waals surface area contributed by atoms with Crippen molar-refractivity contribution in [3.8, 4) is 0 Å². The van der Waals surface area contributed by atoms with E-state index in [2.05, 4.69) is 61.4 Å². The van der Waals surface area contributed by atoms with Gasteiger partial charge in [0.2, 0.25) is 0 Å². The van der Waals surface area contributed by atoms with Crippen LogP contribution in [0.5, 0.6) is 0 Å². The highest BCUT2D eigenvalue weighted by Gasteiger charge is 2.12. The van der Waals surface area contributed by atoms with Crippen LogP contribution in [-0.4, -0.2) is 24.8 Å². The molecule has 110 valence electrons. The van der Waals surface area contributed by atoms with Gasteiger partial charge in [-0.1, -0.05) is 62.8 Å². The van der Waals surface area contributed by atoms with Gasteiger partial charge in [-0.3, -0.25) is 0 Å². The second kappa shape index (κ2) is 9.35. The van der Waals surface area contributed by atoms with Crippen LogP contribution < -0.4 is 0 Å². The SMILES string of the molecule is CCC/C(=N\N(C)C)C(CC)C/C=C/c1ccccc1. The van der Waals surface area contributed by atoms with Crippen molar-refractivity contribution in [1.29, 1.82) is 0 Å². The van der Waals surface area contributed by atoms with E-state index in [9.17, 15) is 0 Å². The summed E-state index contributed by atoms with van der Waals surface area (Å²) in [5.74, 6) is 0.553. The average Bonchev–Trinajstić information content (AvgIpc) is 2.44. The van der Waals surface area contributed by atoms with Crippen LogP contribution in [-0.2, 0) is 0 Å². The first-order chi connectivity index (χ1) is 9.67. The second-order valence-electron chi connectivity index (χ2n) is 5.34. The zero-order valence-electron chi connectivity index (χ0n) is 13.3. The minimum atomic E-state index is 0.553. The summed E-state index contributed by atoms with van der Waals surface area (Å²) in [4.78, 5) is 0. The van der Waals surface area contributed by atoms with Gasteiger partial charge < -0.3 is 5.01 Å². The molecule has 0 heterocycles. The van der Waals surface area contributed by atoms with Crippen molar-refractivity contribution in [3.63, 3.8) is 0 Å². The minimum absolute atomic E-state index is 0.553. The summed E-state index contributed by atoms with van der Waals surface area (Å²) >= 11 is 0. The van der Waals surface area contributed by atoms with Gasteiger partial charge in [-0.15, -0.1) is 0 Å². The zero-order valence-corrected chi connectivity index (χ0v) is 13.3. The van der Waals surface area contributed by atoms with E-state index in [1.165, 1.54) is 11.3 Å². The number of hydrogen-bond donors (Lipinski definition) is 0. The lowest BCUT2D eigenvalue weighted by molar-refractivity contribution is 0.428. The van der Waals surface area contributed by atoms with E-state index >= 15 is 0 Å². The maximum Gasteiger partial charge on any atom is 0.0414 e. The van der Waals surface area contributed by atoms with Crippen molar-refractivity contribution in [1.82, 2.24) is 5.01 Å². The summed E-state index contributed by atoms with van der Waals surface area (Å²) in [6.07, 6.45) is 8.96. The molecule has 1 unspecified atom stereocenters. The number of nitrogens with zero attached hydrogens (tertiary/aromatic N) is 2. The van der Waals surface area contributed by atoms with Crippen LogP contribution in [0.3, 0.4) is 0 Å². The van der Waals surface area contributed by atoms with E-state index in [1.54, 1.807) is 0 Å². The first-order valence-corrected chi connectivity index (χ1v) is 7.63. The highest BCUT2D eigenvalue weighted by Crippen LogP contribution is 2.17. The van der Waals surface area contributed by atoms with Crippen LogP contribution in [0.15, 0.2) is 41.5 Å². The normalized spacial score (nSPS) is 13.7. The molecule has 0 saturated heterocycles. The molecule has 2 heteroatoms. The number of allylic oxidation sites excluding steroid dienone is 1. The summed E-state index contributed by atoms with van der Waals surface area (Å²) in [6, 6.07) is 10.5. The Morgan fingerprint density at radius 2 is 1.90 bits per heavy atom. The van der Waals surface area contributed by atoms with Crippen molar-refractivity contribution in [2.75, 3.05) is 14.1 Å². The summed E-state index contributed by atoms with van der Waals surface area (Å²) in [5, 5.41) is 6.60. The highest BCUT2D eigenvalue weighted by atomic mass is 15.4. The summed E-state index contributed by atoms with van der Waals surface area (Å²) in [7, 11) is 4.00. The van der Waals surface area contributed by atoms with Gasteiger partial charge >= 0.3 is 0 Å². The lowest BCUT2D eigenvalue weighted by atomic mass is 9.93. The molecule has 0 aliphatic rings. The Morgan fingerprint density at radius 1 is 1.20 bits per heavy atom. The van der Waals surface area contributed by atoms with Gasteiger partial charge in [-0.05, 0) is 24.8 Å². The van der Waals surface area contributed by atoms with Crippen molar-refractivity contribution < 1.29 is 0 Å². The molecule has 0 aliphatic heterocycles. The van der Waals surface area contributed by atoms with E-state index in [4.69, 9.17) is 0 Å². The van der Waals surface area contributed by atoms with E-state index in [0.29, 0.717) is 5.92 Å². The minimum Gasteiger partial charge on any atom is -0.303 e. The molecule has 1 aromatic rings. The fourth-order valence-electron chi connectivity index (χ4n) is 2.32. The Labute approximate surface area is 124 Å². The molecule has 0 amide bonds. The van der Waals surface area contributed by atoms with Gasteiger partial charge in [0.25, 0.3) is 0 Å². The smallest absolute Gasteiger partial charge is 0.0414 e. The van der Waals surface area contributed by atoms with Crippen LogP contribution in [0.1, 0.15) is 45.1 Å². The molecular formula is C18H28N2. The highest BCUT2D eigenvalue weighted by molar-refractivity contribution is 5.86. The molecule has 0 aromatic heterocycles. The van der Waals surface area contributed by atoms with Crippen LogP contribution in [0.25, 0.3) is 6.08 Å². The third kappa shape index (κ3) is 6.05. The molecule has 0 aliphatic carbocycles. The Bertz CT molecular complexity index is 418. The Kier molecular flexibility index (Phi) is 7.71. The molecule has 0 fully saturated rings. The molecule has 2 nitrogen and oxygen atoms in total. The van der Waals surface area contributed by atoms with Crippen LogP contribution in [0.4, 0.5) is 0 Å². The Hall–Kier alpha value is -1.57. The average molecular weight is 272 g/mol. The maximum atomic E-state index is 4.68. The maximum absolute atomic E-state index is 4.68. The van der Waals surface area contributed by atoms with E-state index < -0.39 is 0 Å². The largest absolute Gasteiger partial charge is 0.303 e. The van der Waals surface area contributed by atoms with Gasteiger partial charge in [0, 0.05) is 25.7 Å². The predicted octanol–water partition coefficient (Wildman–Crippen LogP) is 4.83. The molecule has 0 bridgehead atoms. The van der Waals surface area contributed by atoms with Crippen molar-refractivity contribution in [2.45, 2.75) is 39.5 Å². The van der Waals surface area contributed by atoms with E-state index in [1.807, 2.05) is 19.1 Å². The Balaban J connectivity index is 2.67. The third-order valence-electron chi connectivity index (χ3n) is 3.33. The van der Waals surface area contributed by atoms with Gasteiger partial charge in [0.1, 0.15) is 0 Å². The number of hydrazone groups is 1. The molecule has 0 radical (unpaired) electrons. The molecule has 0 N–H and O–H groups in total. The number of rotatable bonds is 8. The Morgan fingerprint density at radius 3 is 2.45 bits per heavy atom. The van der Waals surface area contributed by atoms with Crippen molar-refractivity contribution in [3.05, 3.63) is 42.0 Å². The molecule has 20 heavy (non-hydrogen) atoms. The van der Waals surface area contributed by atoms with Gasteiger partial charge in [-0.2, -0.15) is 5.10 Å². The molecule has 0 saturated carbocycles. The third-order valence-corrected chi connectivity index (χ3v) is 3.33. The van der Waals surface area contributed by atoms with Gasteiger partial charge in [0.05, 0.1) is 0 Å². The monoisotopic (exact) mass is 272 g/mol. The van der Waals surface area contributed by atoms with E-state index in [-0.39, 0.29) is 0 Å². The number of benzene rings is 1. The lowest BCUT2D eigenvalue weighted by Gasteiger charge is -2.18. The van der Waals surface area contributed by atoms with Gasteiger partial charge in [0.15, 0.2) is 0 Å². The zero-order chi connectivity index (χ0) is 14.8. The topological polar surface area (TPSA) is 15.6 Å². The van der Waals surface area contributed by atoms with Crippen LogP contribution in [0, 0.1) is 5.92 Å². The van der Waals surface area contributed by atoms with Crippen LogP contribution >= 0.6 is 0 Å². The van der Waals surface area contributed by atoms with Crippen molar-refractivity contribution >= 4 is 11.8 Å². The van der Waals surface area contributed by atoms with Crippen LogP contribution in [0.2, 0.25) is 0 Å². The lowest BCUT2D eigenvalue weighted by Crippen LogP contribution is -2.17. The molecular weight excluding hydrogens is 244 g/mol. The quantitative estimate of drug-likeness (QED) is 0.488. The molecule has 0 spiro atoms. The fraction of sp³-hybridized carbons (Fsp3) is 0.500. The number of hydrogen-bond acceptors (Lipinski definition) is 2. The van der Waals surface area contributed by atoms with Crippen molar-refractivity contribution in [2.24, 2.45) is 11.0 Å². The van der Waals surface area contributed by atoms with Gasteiger partial charge in [-0.25, -0.2) is 0 Å². The molecule has 1 aromatic carbocycles. The summed E-state index contributed by atoms with van der Waals surface area (Å²) in [5.41, 5.74) is 2.60.